The Balaban J connectivity index is 1.89. The van der Waals surface area contributed by atoms with E-state index in [4.69, 9.17) is 14.2 Å². The first-order chi connectivity index (χ1) is 13.5. The van der Waals surface area contributed by atoms with Crippen LogP contribution in [-0.4, -0.2) is 43.9 Å². The molecular formula is C21H22N2O5. The van der Waals surface area contributed by atoms with Gasteiger partial charge in [-0.25, -0.2) is 0 Å². The number of ether oxygens (including phenoxy) is 3. The number of rotatable bonds is 5. The lowest BCUT2D eigenvalue weighted by Gasteiger charge is -2.28. The van der Waals surface area contributed by atoms with E-state index in [1.54, 1.807) is 18.3 Å². The van der Waals surface area contributed by atoms with E-state index in [9.17, 15) is 9.90 Å². The molecule has 0 bridgehead atoms. The van der Waals surface area contributed by atoms with E-state index in [0.717, 1.165) is 10.9 Å². The molecule has 7 heteroatoms. The first kappa shape index (κ1) is 18.2. The van der Waals surface area contributed by atoms with E-state index in [1.807, 2.05) is 24.3 Å². The van der Waals surface area contributed by atoms with Crippen molar-refractivity contribution in [3.05, 3.63) is 53.7 Å². The minimum atomic E-state index is -1.43. The van der Waals surface area contributed by atoms with Crippen molar-refractivity contribution < 1.29 is 24.1 Å². The molecule has 1 amide bonds. The molecule has 1 aromatic heterocycles. The smallest absolute Gasteiger partial charge is 0.231 e. The Morgan fingerprint density at radius 3 is 2.39 bits per heavy atom. The second kappa shape index (κ2) is 6.76. The van der Waals surface area contributed by atoms with Crippen molar-refractivity contribution in [1.29, 1.82) is 0 Å². The summed E-state index contributed by atoms with van der Waals surface area (Å²) in [7, 11) is 4.55. The van der Waals surface area contributed by atoms with Crippen molar-refractivity contribution >= 4 is 16.8 Å². The molecule has 2 heterocycles. The number of methoxy groups -OCH3 is 3. The summed E-state index contributed by atoms with van der Waals surface area (Å²) in [6.45, 7) is 0.106. The van der Waals surface area contributed by atoms with Crippen molar-refractivity contribution in [3.63, 3.8) is 0 Å². The number of amides is 1. The van der Waals surface area contributed by atoms with Crippen molar-refractivity contribution in [2.24, 2.45) is 0 Å². The van der Waals surface area contributed by atoms with Gasteiger partial charge in [0, 0.05) is 22.7 Å². The van der Waals surface area contributed by atoms with Gasteiger partial charge >= 0.3 is 0 Å². The van der Waals surface area contributed by atoms with Crippen LogP contribution in [0.2, 0.25) is 0 Å². The molecular weight excluding hydrogens is 360 g/mol. The molecule has 0 radical (unpaired) electrons. The number of H-pyrrole nitrogens is 1. The molecule has 0 saturated carbocycles. The lowest BCUT2D eigenvalue weighted by molar-refractivity contribution is -0.122. The maximum absolute atomic E-state index is 12.8. The maximum Gasteiger partial charge on any atom is 0.231 e. The molecule has 2 aromatic carbocycles. The van der Waals surface area contributed by atoms with Gasteiger partial charge in [0.1, 0.15) is 5.60 Å². The van der Waals surface area contributed by atoms with E-state index in [-0.39, 0.29) is 12.5 Å². The van der Waals surface area contributed by atoms with Crippen LogP contribution in [0.4, 0.5) is 0 Å². The molecule has 3 N–H and O–H groups in total. The number of aliphatic hydroxyl groups is 1. The third kappa shape index (κ3) is 2.58. The number of hydrogen-bond donors (Lipinski definition) is 3. The quantitative estimate of drug-likeness (QED) is 0.630. The minimum Gasteiger partial charge on any atom is -0.493 e. The highest BCUT2D eigenvalue weighted by atomic mass is 16.5. The molecule has 1 aliphatic heterocycles. The number of carbonyl (C=O) groups is 1. The normalized spacial score (nSPS) is 21.6. The van der Waals surface area contributed by atoms with Crippen LogP contribution >= 0.6 is 0 Å². The highest BCUT2D eigenvalue weighted by Crippen LogP contribution is 2.47. The standard InChI is InChI=1S/C21H22N2O5/c1-26-16-8-12(9-17(27-2)19(16)28-3)18-20(24)23-11-21(18,25)14-10-22-15-7-5-4-6-13(14)15/h4-10,18,22,25H,11H2,1-3H3,(H,23,24). The molecule has 4 rings (SSSR count). The van der Waals surface area contributed by atoms with Crippen LogP contribution < -0.4 is 19.5 Å². The van der Waals surface area contributed by atoms with Crippen molar-refractivity contribution in [1.82, 2.24) is 10.3 Å². The molecule has 0 aliphatic carbocycles. The van der Waals surface area contributed by atoms with Gasteiger partial charge in [-0.2, -0.15) is 0 Å². The van der Waals surface area contributed by atoms with Crippen molar-refractivity contribution in [2.45, 2.75) is 11.5 Å². The minimum absolute atomic E-state index is 0.106. The zero-order valence-corrected chi connectivity index (χ0v) is 15.9. The monoisotopic (exact) mass is 382 g/mol. The number of carbonyl (C=O) groups excluding carboxylic acids is 1. The van der Waals surface area contributed by atoms with Gasteiger partial charge in [0.05, 0.1) is 33.8 Å². The lowest BCUT2D eigenvalue weighted by Crippen LogP contribution is -2.34. The third-order valence-corrected chi connectivity index (χ3v) is 5.35. The van der Waals surface area contributed by atoms with Gasteiger partial charge in [-0.15, -0.1) is 0 Å². The number of β-amino-alcohol motifs (C(OH)–C–C–N with tert-alkyl or cyclic N) is 1. The third-order valence-electron chi connectivity index (χ3n) is 5.35. The zero-order valence-electron chi connectivity index (χ0n) is 15.9. The summed E-state index contributed by atoms with van der Waals surface area (Å²) in [6.07, 6.45) is 1.76. The number of aromatic nitrogens is 1. The average Bonchev–Trinajstić information content (AvgIpc) is 3.28. The predicted molar refractivity (Wildman–Crippen MR) is 104 cm³/mol. The molecule has 1 fully saturated rings. The molecule has 2 atom stereocenters. The first-order valence-corrected chi connectivity index (χ1v) is 8.90. The first-order valence-electron chi connectivity index (χ1n) is 8.90. The number of nitrogens with one attached hydrogen (secondary N) is 2. The average molecular weight is 382 g/mol. The summed E-state index contributed by atoms with van der Waals surface area (Å²) in [5.74, 6) is 0.195. The second-order valence-corrected chi connectivity index (χ2v) is 6.78. The van der Waals surface area contributed by atoms with Crippen LogP contribution in [0.15, 0.2) is 42.6 Å². The molecule has 1 saturated heterocycles. The summed E-state index contributed by atoms with van der Waals surface area (Å²) >= 11 is 0. The van der Waals surface area contributed by atoms with E-state index < -0.39 is 11.5 Å². The number of fused-ring (bicyclic) bond motifs is 1. The molecule has 3 aromatic rings. The van der Waals surface area contributed by atoms with Crippen LogP contribution in [-0.2, 0) is 10.4 Å². The van der Waals surface area contributed by atoms with E-state index in [2.05, 4.69) is 10.3 Å². The number of para-hydroxylation sites is 1. The van der Waals surface area contributed by atoms with Gasteiger partial charge in [0.2, 0.25) is 11.7 Å². The summed E-state index contributed by atoms with van der Waals surface area (Å²) < 4.78 is 16.2. The molecule has 146 valence electrons. The molecule has 0 spiro atoms. The van der Waals surface area contributed by atoms with Gasteiger partial charge in [-0.1, -0.05) is 18.2 Å². The van der Waals surface area contributed by atoms with Gasteiger partial charge in [-0.3, -0.25) is 4.79 Å². The van der Waals surface area contributed by atoms with E-state index in [1.165, 1.54) is 21.3 Å². The van der Waals surface area contributed by atoms with Crippen molar-refractivity contribution in [3.8, 4) is 17.2 Å². The highest BCUT2D eigenvalue weighted by Gasteiger charge is 2.50. The number of hydrogen-bond acceptors (Lipinski definition) is 5. The number of aromatic amines is 1. The summed E-state index contributed by atoms with van der Waals surface area (Å²) in [5, 5.41) is 15.3. The Morgan fingerprint density at radius 1 is 1.07 bits per heavy atom. The zero-order chi connectivity index (χ0) is 19.9. The Kier molecular flexibility index (Phi) is 4.39. The fourth-order valence-corrected chi connectivity index (χ4v) is 4.02. The summed E-state index contributed by atoms with van der Waals surface area (Å²) in [4.78, 5) is 16.0. The number of benzene rings is 2. The molecule has 7 nitrogen and oxygen atoms in total. The van der Waals surface area contributed by atoms with Crippen LogP contribution in [0.5, 0.6) is 17.2 Å². The maximum atomic E-state index is 12.8. The fourth-order valence-electron chi connectivity index (χ4n) is 4.02. The predicted octanol–water partition coefficient (Wildman–Crippen LogP) is 2.29. The Bertz CT molecular complexity index is 1020. The Hall–Kier alpha value is -3.19. The SMILES string of the molecule is COc1cc(C2C(=O)NCC2(O)c2c[nH]c3ccccc23)cc(OC)c1OC. The molecule has 2 unspecified atom stereocenters. The van der Waals surface area contributed by atoms with Crippen LogP contribution in [0.25, 0.3) is 10.9 Å². The van der Waals surface area contributed by atoms with Crippen LogP contribution in [0.1, 0.15) is 17.0 Å². The van der Waals surface area contributed by atoms with E-state index in [0.29, 0.717) is 28.4 Å². The lowest BCUT2D eigenvalue weighted by atomic mass is 9.79. The Labute approximate surface area is 162 Å². The largest absolute Gasteiger partial charge is 0.493 e. The highest BCUT2D eigenvalue weighted by molar-refractivity contribution is 5.92. The fraction of sp³-hybridized carbons (Fsp3) is 0.286. The van der Waals surface area contributed by atoms with Gasteiger partial charge in [0.25, 0.3) is 0 Å². The van der Waals surface area contributed by atoms with Gasteiger partial charge in [-0.05, 0) is 23.8 Å². The molecule has 28 heavy (non-hydrogen) atoms. The van der Waals surface area contributed by atoms with Gasteiger partial charge in [0.15, 0.2) is 11.5 Å². The second-order valence-electron chi connectivity index (χ2n) is 6.78. The topological polar surface area (TPSA) is 92.8 Å². The summed E-state index contributed by atoms with van der Waals surface area (Å²) in [6, 6.07) is 11.1. The van der Waals surface area contributed by atoms with Crippen LogP contribution in [0.3, 0.4) is 0 Å². The van der Waals surface area contributed by atoms with Crippen molar-refractivity contribution in [2.75, 3.05) is 27.9 Å². The van der Waals surface area contributed by atoms with Crippen LogP contribution in [0, 0.1) is 0 Å². The Morgan fingerprint density at radius 2 is 1.75 bits per heavy atom. The van der Waals surface area contributed by atoms with Gasteiger partial charge < -0.3 is 29.6 Å². The van der Waals surface area contributed by atoms with E-state index >= 15 is 0 Å². The summed E-state index contributed by atoms with van der Waals surface area (Å²) in [5.41, 5.74) is 0.716. The molecule has 1 aliphatic rings.